The van der Waals surface area contributed by atoms with Crippen LogP contribution in [0.3, 0.4) is 0 Å². The minimum Gasteiger partial charge on any atom is -0.361 e. The molecule has 3 N–H and O–H groups in total. The molecule has 1 aromatic heterocycles. The molecule has 6 heteroatoms. The van der Waals surface area contributed by atoms with Gasteiger partial charge < -0.3 is 15.6 Å². The molecule has 0 spiro atoms. The molecule has 1 fully saturated rings. The van der Waals surface area contributed by atoms with Crippen LogP contribution < -0.4 is 10.6 Å². The number of hydrogen-bond donors (Lipinski definition) is 3. The van der Waals surface area contributed by atoms with E-state index in [0.29, 0.717) is 25.9 Å². The van der Waals surface area contributed by atoms with Gasteiger partial charge in [-0.1, -0.05) is 42.5 Å². The standard InChI is InChI=1S/C26H32N4O2/c31-25-13-17-30(19-22-8-4-10-24-23(22)12-15-27-24)16-5-9-21(11-14-28-25)26(32)29-18-20-6-2-1-3-7-20/h1-4,6-8,10,12,15,21,27H,5,9,11,13-14,16-19H2,(H,28,31)(H,29,32). The Bertz CT molecular complexity index is 1030. The lowest BCUT2D eigenvalue weighted by molar-refractivity contribution is -0.126. The van der Waals surface area contributed by atoms with Crippen LogP contribution >= 0.6 is 0 Å². The summed E-state index contributed by atoms with van der Waals surface area (Å²) < 4.78 is 0. The van der Waals surface area contributed by atoms with E-state index in [1.807, 2.05) is 36.5 Å². The maximum absolute atomic E-state index is 12.9. The summed E-state index contributed by atoms with van der Waals surface area (Å²) in [7, 11) is 0. The van der Waals surface area contributed by atoms with E-state index in [0.717, 1.165) is 43.6 Å². The first kappa shape index (κ1) is 22.1. The number of rotatable bonds is 5. The van der Waals surface area contributed by atoms with Crippen molar-refractivity contribution in [2.75, 3.05) is 19.6 Å². The number of fused-ring (bicyclic) bond motifs is 1. The predicted octanol–water partition coefficient (Wildman–Crippen LogP) is 3.59. The molecule has 1 unspecified atom stereocenters. The fraction of sp³-hybridized carbons (Fsp3) is 0.385. The summed E-state index contributed by atoms with van der Waals surface area (Å²) in [6.07, 6.45) is 4.87. The molecule has 4 rings (SSSR count). The molecular weight excluding hydrogens is 400 g/mol. The first-order valence-electron chi connectivity index (χ1n) is 11.5. The third-order valence-electron chi connectivity index (χ3n) is 6.26. The second-order valence-corrected chi connectivity index (χ2v) is 8.56. The molecule has 0 saturated carbocycles. The van der Waals surface area contributed by atoms with Gasteiger partial charge in [-0.3, -0.25) is 14.5 Å². The molecule has 1 aliphatic rings. The van der Waals surface area contributed by atoms with Crippen LogP contribution in [-0.4, -0.2) is 41.3 Å². The molecule has 1 saturated heterocycles. The number of nitrogens with one attached hydrogen (secondary N) is 3. The number of carbonyl (C=O) groups excluding carboxylic acids is 2. The number of carbonyl (C=O) groups is 2. The molecule has 2 amide bonds. The fourth-order valence-electron chi connectivity index (χ4n) is 4.43. The van der Waals surface area contributed by atoms with Crippen molar-refractivity contribution in [2.45, 2.75) is 38.8 Å². The highest BCUT2D eigenvalue weighted by molar-refractivity contribution is 5.83. The van der Waals surface area contributed by atoms with E-state index in [9.17, 15) is 9.59 Å². The van der Waals surface area contributed by atoms with Crippen LogP contribution in [0.25, 0.3) is 10.9 Å². The van der Waals surface area contributed by atoms with E-state index in [2.05, 4.69) is 44.8 Å². The average Bonchev–Trinajstić information content (AvgIpc) is 3.29. The monoisotopic (exact) mass is 432 g/mol. The van der Waals surface area contributed by atoms with Gasteiger partial charge in [0.15, 0.2) is 0 Å². The topological polar surface area (TPSA) is 77.2 Å². The lowest BCUT2D eigenvalue weighted by Gasteiger charge is -2.23. The van der Waals surface area contributed by atoms with Crippen molar-refractivity contribution < 1.29 is 9.59 Å². The van der Waals surface area contributed by atoms with E-state index < -0.39 is 0 Å². The second kappa shape index (κ2) is 11.0. The largest absolute Gasteiger partial charge is 0.361 e. The van der Waals surface area contributed by atoms with Crippen molar-refractivity contribution in [3.63, 3.8) is 0 Å². The summed E-state index contributed by atoms with van der Waals surface area (Å²) in [6, 6.07) is 18.4. The van der Waals surface area contributed by atoms with E-state index in [-0.39, 0.29) is 17.7 Å². The molecule has 0 bridgehead atoms. The van der Waals surface area contributed by atoms with Crippen molar-refractivity contribution >= 4 is 22.7 Å². The zero-order valence-electron chi connectivity index (χ0n) is 18.5. The number of hydrogen-bond acceptors (Lipinski definition) is 3. The SMILES string of the molecule is O=C1CCN(Cc2cccc3[nH]ccc23)CCCC(C(=O)NCc2ccccc2)CCN1. The first-order valence-corrected chi connectivity index (χ1v) is 11.5. The molecule has 1 aliphatic heterocycles. The maximum atomic E-state index is 12.9. The molecular formula is C26H32N4O2. The van der Waals surface area contributed by atoms with Gasteiger partial charge in [-0.15, -0.1) is 0 Å². The normalized spacial score (nSPS) is 18.6. The smallest absolute Gasteiger partial charge is 0.223 e. The van der Waals surface area contributed by atoms with Gasteiger partial charge in [0, 0.05) is 55.6 Å². The summed E-state index contributed by atoms with van der Waals surface area (Å²) in [5, 5.41) is 7.30. The number of aromatic nitrogens is 1. The zero-order valence-corrected chi connectivity index (χ0v) is 18.5. The summed E-state index contributed by atoms with van der Waals surface area (Å²) in [6.45, 7) is 3.47. The molecule has 2 aromatic carbocycles. The summed E-state index contributed by atoms with van der Waals surface area (Å²) in [5.41, 5.74) is 3.49. The molecule has 3 aromatic rings. The summed E-state index contributed by atoms with van der Waals surface area (Å²) in [5.74, 6) is 0.0401. The van der Waals surface area contributed by atoms with Crippen LogP contribution in [-0.2, 0) is 22.7 Å². The van der Waals surface area contributed by atoms with Crippen molar-refractivity contribution in [1.82, 2.24) is 20.5 Å². The highest BCUT2D eigenvalue weighted by atomic mass is 16.2. The highest BCUT2D eigenvalue weighted by Gasteiger charge is 2.20. The Labute approximate surface area is 189 Å². The molecule has 0 aliphatic carbocycles. The number of benzene rings is 2. The van der Waals surface area contributed by atoms with Gasteiger partial charge in [-0.25, -0.2) is 0 Å². The number of aromatic amines is 1. The van der Waals surface area contributed by atoms with Crippen LogP contribution in [0.2, 0.25) is 0 Å². The van der Waals surface area contributed by atoms with Gasteiger partial charge in [-0.2, -0.15) is 0 Å². The van der Waals surface area contributed by atoms with Crippen LogP contribution in [0.1, 0.15) is 36.8 Å². The molecule has 0 radical (unpaired) electrons. The quantitative estimate of drug-likeness (QED) is 0.577. The lowest BCUT2D eigenvalue weighted by atomic mass is 9.97. The Morgan fingerprint density at radius 2 is 1.91 bits per heavy atom. The second-order valence-electron chi connectivity index (χ2n) is 8.56. The first-order chi connectivity index (χ1) is 15.7. The fourth-order valence-corrected chi connectivity index (χ4v) is 4.43. The highest BCUT2D eigenvalue weighted by Crippen LogP contribution is 2.20. The molecule has 6 nitrogen and oxygen atoms in total. The molecule has 168 valence electrons. The molecule has 2 heterocycles. The minimum atomic E-state index is -0.0907. The lowest BCUT2D eigenvalue weighted by Crippen LogP contribution is -2.33. The van der Waals surface area contributed by atoms with Gasteiger partial charge in [0.1, 0.15) is 0 Å². The Morgan fingerprint density at radius 3 is 2.78 bits per heavy atom. The van der Waals surface area contributed by atoms with Gasteiger partial charge in [0.25, 0.3) is 0 Å². The van der Waals surface area contributed by atoms with E-state index in [1.54, 1.807) is 0 Å². The third kappa shape index (κ3) is 5.98. The van der Waals surface area contributed by atoms with Gasteiger partial charge >= 0.3 is 0 Å². The van der Waals surface area contributed by atoms with Crippen LogP contribution in [0.15, 0.2) is 60.8 Å². The van der Waals surface area contributed by atoms with Crippen molar-refractivity contribution in [3.8, 4) is 0 Å². The summed E-state index contributed by atoms with van der Waals surface area (Å²) in [4.78, 5) is 30.8. The van der Waals surface area contributed by atoms with Crippen LogP contribution in [0, 0.1) is 5.92 Å². The van der Waals surface area contributed by atoms with Gasteiger partial charge in [0.05, 0.1) is 0 Å². The zero-order chi connectivity index (χ0) is 22.2. The van der Waals surface area contributed by atoms with Crippen molar-refractivity contribution in [2.24, 2.45) is 5.92 Å². The summed E-state index contributed by atoms with van der Waals surface area (Å²) >= 11 is 0. The van der Waals surface area contributed by atoms with E-state index in [1.165, 1.54) is 10.9 Å². The van der Waals surface area contributed by atoms with Crippen molar-refractivity contribution in [3.05, 3.63) is 71.9 Å². The maximum Gasteiger partial charge on any atom is 0.223 e. The Hall–Kier alpha value is -3.12. The molecule has 1 atom stereocenters. The van der Waals surface area contributed by atoms with Gasteiger partial charge in [0.2, 0.25) is 11.8 Å². The average molecular weight is 433 g/mol. The van der Waals surface area contributed by atoms with Crippen molar-refractivity contribution in [1.29, 1.82) is 0 Å². The van der Waals surface area contributed by atoms with Crippen LogP contribution in [0.5, 0.6) is 0 Å². The number of H-pyrrole nitrogens is 1. The Morgan fingerprint density at radius 1 is 1.03 bits per heavy atom. The van der Waals surface area contributed by atoms with Gasteiger partial charge in [-0.05, 0) is 49.1 Å². The van der Waals surface area contributed by atoms with Crippen LogP contribution in [0.4, 0.5) is 0 Å². The predicted molar refractivity (Wildman–Crippen MR) is 127 cm³/mol. The minimum absolute atomic E-state index is 0.0557. The van der Waals surface area contributed by atoms with E-state index >= 15 is 0 Å². The number of nitrogens with zero attached hydrogens (tertiary/aromatic N) is 1. The number of amides is 2. The molecule has 32 heavy (non-hydrogen) atoms. The Balaban J connectivity index is 1.38. The van der Waals surface area contributed by atoms with E-state index in [4.69, 9.17) is 0 Å². The third-order valence-corrected chi connectivity index (χ3v) is 6.26. The Kier molecular flexibility index (Phi) is 7.56.